The summed E-state index contributed by atoms with van der Waals surface area (Å²) in [7, 11) is 0. The first-order valence-electron chi connectivity index (χ1n) is 22.0. The molecule has 6 atom stereocenters. The third-order valence-corrected chi connectivity index (χ3v) is 12.9. The van der Waals surface area contributed by atoms with Crippen LogP contribution in [-0.2, 0) is 43.0 Å². The molecule has 0 aromatic carbocycles. The first kappa shape index (κ1) is 60.3. The van der Waals surface area contributed by atoms with Crippen LogP contribution in [0.1, 0.15) is 113 Å². The maximum Gasteiger partial charge on any atom is 0.351 e. The predicted molar refractivity (Wildman–Crippen MR) is 249 cm³/mol. The van der Waals surface area contributed by atoms with Gasteiger partial charge in [0.05, 0.1) is 24.7 Å². The van der Waals surface area contributed by atoms with Crippen molar-refractivity contribution in [2.75, 3.05) is 49.7 Å². The van der Waals surface area contributed by atoms with Crippen molar-refractivity contribution < 1.29 is 62.0 Å². The molecule has 1 aromatic heterocycles. The molecule has 1 aliphatic heterocycles. The molecule has 3 rings (SSSR count). The summed E-state index contributed by atoms with van der Waals surface area (Å²) >= 11 is 3.06. The van der Waals surface area contributed by atoms with Crippen LogP contribution in [0, 0.1) is 5.41 Å². The minimum Gasteiger partial charge on any atom is -0.480 e. The van der Waals surface area contributed by atoms with Crippen LogP contribution in [0.15, 0.2) is 17.1 Å². The maximum atomic E-state index is 14.2. The van der Waals surface area contributed by atoms with E-state index in [9.17, 15) is 47.4 Å². The van der Waals surface area contributed by atoms with E-state index in [1.165, 1.54) is 11.8 Å². The van der Waals surface area contributed by atoms with E-state index < -0.39 is 79.4 Å². The summed E-state index contributed by atoms with van der Waals surface area (Å²) in [6.45, 7) is 17.7. The molecule has 2 fully saturated rings. The van der Waals surface area contributed by atoms with E-state index in [1.807, 2.05) is 41.5 Å². The van der Waals surface area contributed by atoms with Crippen LogP contribution >= 0.6 is 23.5 Å². The number of nitrogens with one attached hydrogen (secondary N) is 4. The number of aliphatic carboxylic acids is 1. The number of aromatic nitrogens is 2. The maximum absolute atomic E-state index is 14.2. The van der Waals surface area contributed by atoms with E-state index in [-0.39, 0.29) is 51.6 Å². The molecule has 66 heavy (non-hydrogen) atoms. The highest BCUT2D eigenvalue weighted by Gasteiger charge is 2.51. The molecule has 2 aliphatic rings. The second-order valence-electron chi connectivity index (χ2n) is 18.1. The Morgan fingerprint density at radius 3 is 2.14 bits per heavy atom. The molecule has 5 unspecified atom stereocenters. The van der Waals surface area contributed by atoms with Crippen molar-refractivity contribution in [3.05, 3.63) is 22.7 Å². The van der Waals surface area contributed by atoms with Gasteiger partial charge in [0.25, 0.3) is 11.8 Å². The topological polar surface area (TPSA) is 280 Å². The minimum absolute atomic E-state index is 0.0479. The molecule has 19 nitrogen and oxygen atoms in total. The smallest absolute Gasteiger partial charge is 0.351 e. The van der Waals surface area contributed by atoms with Gasteiger partial charge in [-0.3, -0.25) is 33.9 Å². The lowest BCUT2D eigenvalue weighted by molar-refractivity contribution is -0.147. The van der Waals surface area contributed by atoms with Gasteiger partial charge in [-0.1, -0.05) is 34.1 Å². The highest BCUT2D eigenvalue weighted by Crippen LogP contribution is 2.42. The monoisotopic (exact) mass is 981 g/mol. The average molecular weight is 982 g/mol. The quantitative estimate of drug-likeness (QED) is 0.0518. The molecule has 378 valence electrons. The number of rotatable bonds is 26. The predicted octanol–water partition coefficient (Wildman–Crippen LogP) is 3.26. The number of anilines is 1. The minimum atomic E-state index is -3.43. The van der Waals surface area contributed by atoms with E-state index in [4.69, 9.17) is 25.1 Å². The Hall–Kier alpha value is -3.74. The molecular formula is C43H73F2N7O12S2. The number of nitrogens with zero attached hydrogens (tertiary/aromatic N) is 2. The van der Waals surface area contributed by atoms with Gasteiger partial charge in [0.2, 0.25) is 18.5 Å². The first-order valence-corrected chi connectivity index (χ1v) is 24.1. The van der Waals surface area contributed by atoms with Crippen LogP contribution in [0.4, 0.5) is 14.6 Å². The Labute approximate surface area is 394 Å². The fourth-order valence-corrected chi connectivity index (χ4v) is 9.27. The number of ether oxygens (including phenoxy) is 3. The summed E-state index contributed by atoms with van der Waals surface area (Å²) in [5.41, 5.74) is 3.06. The number of amides is 3. The number of aliphatic hydroxyl groups is 1. The number of hydrogen-bond donors (Lipinski definition) is 7. The number of carboxylic acids is 1. The highest BCUT2D eigenvalue weighted by atomic mass is 32.2. The van der Waals surface area contributed by atoms with Gasteiger partial charge < -0.3 is 50.9 Å². The van der Waals surface area contributed by atoms with Crippen molar-refractivity contribution >= 4 is 65.8 Å². The molecule has 1 aromatic rings. The number of carboxylic acid groups (broad SMARTS) is 1. The standard InChI is InChI=1S/C29H42F2N6O10S2.C12H24O2.C2H7N/c1-28(2,3)36-18(25(43)44)14-49-20-5-4-19(20)48-13-17(33-15-39)24(42)32-8-6-23(41)46-12-22(40)34-21-7-9-37(27(45)35-21)26-29(30,31)10-16(11-38)47-26;1-6-7-12(4,5)14-9-8-11(2,3)10-13;1-2-3/h7,9,15-20,26,36,38H,4-6,8,10-14H2,1-3H3,(H,32,42)(H,33,39)(H,43,44)(H,34,35,40,45);10H,6-9H2,1-5H3;2-3H2,1H3/t16-,17?,18?,19?,20?,26?;;/m1../s1. The van der Waals surface area contributed by atoms with Crippen LogP contribution in [0.5, 0.6) is 0 Å². The van der Waals surface area contributed by atoms with Crippen molar-refractivity contribution in [1.29, 1.82) is 0 Å². The molecule has 1 saturated carbocycles. The van der Waals surface area contributed by atoms with Crippen LogP contribution in [0.25, 0.3) is 0 Å². The Morgan fingerprint density at radius 2 is 1.65 bits per heavy atom. The van der Waals surface area contributed by atoms with Gasteiger partial charge in [0.15, 0.2) is 6.61 Å². The van der Waals surface area contributed by atoms with Crippen LogP contribution in [-0.4, -0.2) is 146 Å². The second kappa shape index (κ2) is 29.2. The Balaban J connectivity index is 0.00000108. The Kier molecular flexibility index (Phi) is 26.7. The number of halogens is 2. The number of thioether (sulfide) groups is 2. The van der Waals surface area contributed by atoms with E-state index in [1.54, 1.807) is 11.8 Å². The molecule has 0 bridgehead atoms. The molecule has 1 saturated heterocycles. The van der Waals surface area contributed by atoms with Gasteiger partial charge in [0, 0.05) is 58.7 Å². The highest BCUT2D eigenvalue weighted by molar-refractivity contribution is 8.04. The second-order valence-corrected chi connectivity index (χ2v) is 20.6. The van der Waals surface area contributed by atoms with Crippen molar-refractivity contribution in [2.24, 2.45) is 11.1 Å². The van der Waals surface area contributed by atoms with Crippen LogP contribution in [0.3, 0.4) is 0 Å². The molecule has 8 N–H and O–H groups in total. The molecule has 2 heterocycles. The Morgan fingerprint density at radius 1 is 1.05 bits per heavy atom. The summed E-state index contributed by atoms with van der Waals surface area (Å²) < 4.78 is 44.6. The van der Waals surface area contributed by atoms with Gasteiger partial charge in [-0.15, -0.1) is 0 Å². The zero-order valence-corrected chi connectivity index (χ0v) is 41.3. The first-order chi connectivity index (χ1) is 30.8. The van der Waals surface area contributed by atoms with Gasteiger partial charge in [-0.25, -0.2) is 13.6 Å². The van der Waals surface area contributed by atoms with E-state index in [0.29, 0.717) is 23.3 Å². The lowest BCUT2D eigenvalue weighted by atomic mass is 9.92. The number of nitrogens with two attached hydrogens (primary N) is 1. The third kappa shape index (κ3) is 23.3. The van der Waals surface area contributed by atoms with Gasteiger partial charge in [0.1, 0.15) is 24.2 Å². The van der Waals surface area contributed by atoms with Crippen LogP contribution < -0.4 is 32.7 Å². The fourth-order valence-electron chi connectivity index (χ4n) is 6.14. The average Bonchev–Trinajstić information content (AvgIpc) is 3.52. The molecule has 1 aliphatic carbocycles. The summed E-state index contributed by atoms with van der Waals surface area (Å²) in [4.78, 5) is 86.2. The SMILES string of the molecule is CC(C)(C)NC(CSC1CCC1SCC(NC=O)C(=O)NCCC(=O)OCC(=O)Nc1ccn(C2O[C@@H](CO)CC2(F)F)c(=O)n1)C(=O)O.CCCC(C)(C)OCCC(C)(C)C=O.CCN. The lowest BCUT2D eigenvalue weighted by Gasteiger charge is -2.37. The summed E-state index contributed by atoms with van der Waals surface area (Å²) in [6, 6.07) is -0.502. The molecule has 0 spiro atoms. The Bertz CT molecular complexity index is 1750. The van der Waals surface area contributed by atoms with Crippen molar-refractivity contribution in [1.82, 2.24) is 25.5 Å². The zero-order valence-electron chi connectivity index (χ0n) is 39.7. The van der Waals surface area contributed by atoms with E-state index >= 15 is 0 Å². The van der Waals surface area contributed by atoms with Gasteiger partial charge in [-0.2, -0.15) is 28.5 Å². The third-order valence-electron chi connectivity index (χ3n) is 9.73. The zero-order chi connectivity index (χ0) is 50.3. The number of aldehydes is 1. The largest absolute Gasteiger partial charge is 0.480 e. The molecular weight excluding hydrogens is 909 g/mol. The van der Waals surface area contributed by atoms with E-state index in [0.717, 1.165) is 57.2 Å². The number of esters is 1. The fraction of sp³-hybridized carbons (Fsp3) is 0.767. The summed E-state index contributed by atoms with van der Waals surface area (Å²) in [6.07, 6.45) is 2.95. The van der Waals surface area contributed by atoms with Crippen LogP contribution in [0.2, 0.25) is 0 Å². The number of carbonyl (C=O) groups excluding carboxylic acids is 5. The normalized spacial score (nSPS) is 19.8. The van der Waals surface area contributed by atoms with Gasteiger partial charge >= 0.3 is 17.6 Å². The summed E-state index contributed by atoms with van der Waals surface area (Å²) in [5, 5.41) is 29.3. The number of alkyl halides is 2. The van der Waals surface area contributed by atoms with Crippen molar-refractivity contribution in [3.63, 3.8) is 0 Å². The molecule has 0 radical (unpaired) electrons. The van der Waals surface area contributed by atoms with Crippen molar-refractivity contribution in [2.45, 2.75) is 159 Å². The van der Waals surface area contributed by atoms with Crippen molar-refractivity contribution in [3.8, 4) is 0 Å². The number of aliphatic hydroxyl groups excluding tert-OH is 1. The van der Waals surface area contributed by atoms with E-state index in [2.05, 4.69) is 47.0 Å². The molecule has 23 heteroatoms. The molecule has 3 amide bonds. The lowest BCUT2D eigenvalue weighted by Crippen LogP contribution is -2.50. The van der Waals surface area contributed by atoms with Gasteiger partial charge in [-0.05, 0) is 72.9 Å². The summed E-state index contributed by atoms with van der Waals surface area (Å²) in [5.74, 6) is -6.21. The number of carbonyl (C=O) groups is 6. The number of hydrogen-bond acceptors (Lipinski definition) is 16.